The van der Waals surface area contributed by atoms with E-state index >= 15 is 0 Å². The molecule has 0 aliphatic carbocycles. The Kier molecular flexibility index (Phi) is 12.0. The molecule has 2 aromatic carbocycles. The van der Waals surface area contributed by atoms with E-state index in [4.69, 9.17) is 34.0 Å². The Morgan fingerprint density at radius 1 is 0.940 bits per heavy atom. The number of methoxy groups -OCH3 is 1. The average molecular weight is 687 g/mol. The van der Waals surface area contributed by atoms with E-state index in [-0.39, 0.29) is 24.5 Å². The van der Waals surface area contributed by atoms with E-state index in [1.807, 2.05) is 24.3 Å². The van der Waals surface area contributed by atoms with Crippen LogP contribution in [0.25, 0.3) is 16.6 Å². The van der Waals surface area contributed by atoms with Gasteiger partial charge in [0.2, 0.25) is 0 Å². The summed E-state index contributed by atoms with van der Waals surface area (Å²) in [6.45, 7) is 3.61. The van der Waals surface area contributed by atoms with Crippen molar-refractivity contribution >= 4 is 40.5 Å². The van der Waals surface area contributed by atoms with Crippen molar-refractivity contribution in [3.05, 3.63) is 101 Å². The van der Waals surface area contributed by atoms with E-state index in [0.717, 1.165) is 5.39 Å². The summed E-state index contributed by atoms with van der Waals surface area (Å²) in [6.07, 6.45) is 2.55. The molecule has 0 radical (unpaired) electrons. The summed E-state index contributed by atoms with van der Waals surface area (Å²) in [7, 11) is 3.24. The third kappa shape index (κ3) is 8.87. The second-order valence-electron chi connectivity index (χ2n) is 10.6. The molecular formula is C34H34N6O10. The molecule has 5 rings (SSSR count). The first-order valence-corrected chi connectivity index (χ1v) is 15.0. The number of pyridine rings is 2. The van der Waals surface area contributed by atoms with E-state index in [1.165, 1.54) is 10.9 Å². The molecule has 0 aliphatic heterocycles. The summed E-state index contributed by atoms with van der Waals surface area (Å²) in [5.74, 6) is -2.74. The number of benzene rings is 2. The highest BCUT2D eigenvalue weighted by Gasteiger charge is 2.25. The topological polar surface area (TPSA) is 213 Å². The number of aliphatic carboxylic acids is 2. The number of nitrogens with one attached hydrogen (secondary N) is 2. The lowest BCUT2D eigenvalue weighted by atomic mass is 10.2. The number of ether oxygens (including phenoxy) is 3. The fraction of sp³-hybridized carbons (Fsp3) is 0.206. The molecule has 1 atom stereocenters. The van der Waals surface area contributed by atoms with Crippen LogP contribution in [0, 0.1) is 6.92 Å². The number of likely N-dealkylation sites (N-methyl/N-ethyl adjacent to an activating group) is 1. The molecule has 0 spiro atoms. The van der Waals surface area contributed by atoms with Crippen LogP contribution in [0.3, 0.4) is 0 Å². The summed E-state index contributed by atoms with van der Waals surface area (Å²) >= 11 is 0. The molecule has 0 unspecified atom stereocenters. The molecule has 50 heavy (non-hydrogen) atoms. The van der Waals surface area contributed by atoms with Gasteiger partial charge in [0.1, 0.15) is 34.7 Å². The van der Waals surface area contributed by atoms with Gasteiger partial charge >= 0.3 is 17.9 Å². The maximum Gasteiger partial charge on any atom is 0.414 e. The SMILES string of the molecule is CNCC(=O)O[C@H](C)Cn1c(C)c(C(=O)Nc2ccc(Oc3ccnc4cc(OC)ccc34)cn2)c(=O)n1-c1ccccc1.O=C(O)C(=O)O. The summed E-state index contributed by atoms with van der Waals surface area (Å²) in [5, 5.41) is 21.1. The number of nitrogens with zero attached hydrogens (tertiary/aromatic N) is 4. The second kappa shape index (κ2) is 16.5. The minimum atomic E-state index is -1.82. The highest BCUT2D eigenvalue weighted by Crippen LogP contribution is 2.30. The first-order valence-electron chi connectivity index (χ1n) is 15.0. The Hall–Kier alpha value is -6.55. The Labute approximate surface area is 284 Å². The molecule has 260 valence electrons. The normalized spacial score (nSPS) is 11.1. The lowest BCUT2D eigenvalue weighted by molar-refractivity contribution is -0.159. The molecule has 0 bridgehead atoms. The van der Waals surface area contributed by atoms with Gasteiger partial charge in [0.25, 0.3) is 11.5 Å². The number of aromatic nitrogens is 4. The van der Waals surface area contributed by atoms with Crippen molar-refractivity contribution in [2.24, 2.45) is 0 Å². The number of para-hydroxylation sites is 1. The van der Waals surface area contributed by atoms with E-state index in [2.05, 4.69) is 20.6 Å². The van der Waals surface area contributed by atoms with Gasteiger partial charge in [-0.2, -0.15) is 0 Å². The third-order valence-corrected chi connectivity index (χ3v) is 7.01. The predicted octanol–water partition coefficient (Wildman–Crippen LogP) is 3.25. The smallest absolute Gasteiger partial charge is 0.414 e. The molecule has 0 saturated heterocycles. The molecule has 4 N–H and O–H groups in total. The molecule has 16 nitrogen and oxygen atoms in total. The number of carbonyl (C=O) groups excluding carboxylic acids is 2. The first kappa shape index (κ1) is 36.3. The van der Waals surface area contributed by atoms with Gasteiger partial charge in [-0.3, -0.25) is 24.0 Å². The van der Waals surface area contributed by atoms with E-state index in [1.54, 1.807) is 81.3 Å². The summed E-state index contributed by atoms with van der Waals surface area (Å²) in [6, 6.07) is 19.5. The number of carboxylic acids is 2. The fourth-order valence-electron chi connectivity index (χ4n) is 4.78. The maximum absolute atomic E-state index is 13.7. The van der Waals surface area contributed by atoms with Crippen molar-refractivity contribution < 1.29 is 43.6 Å². The van der Waals surface area contributed by atoms with Crippen LogP contribution in [0.4, 0.5) is 5.82 Å². The van der Waals surface area contributed by atoms with Crippen LogP contribution >= 0.6 is 0 Å². The van der Waals surface area contributed by atoms with Gasteiger partial charge < -0.3 is 35.1 Å². The van der Waals surface area contributed by atoms with Crippen molar-refractivity contribution in [2.75, 3.05) is 26.0 Å². The van der Waals surface area contributed by atoms with Crippen molar-refractivity contribution in [3.63, 3.8) is 0 Å². The Bertz CT molecular complexity index is 2050. The number of amides is 1. The zero-order valence-corrected chi connectivity index (χ0v) is 27.4. The minimum Gasteiger partial charge on any atom is -0.497 e. The minimum absolute atomic E-state index is 0.0524. The number of carbonyl (C=O) groups is 4. The van der Waals surface area contributed by atoms with Gasteiger partial charge in [0.15, 0.2) is 0 Å². The number of esters is 1. The quantitative estimate of drug-likeness (QED) is 0.116. The molecule has 3 heterocycles. The maximum atomic E-state index is 13.7. The number of anilines is 1. The van der Waals surface area contributed by atoms with Crippen LogP contribution in [-0.2, 0) is 25.7 Å². The van der Waals surface area contributed by atoms with Crippen LogP contribution in [0.2, 0.25) is 0 Å². The standard InChI is InChI=1S/C32H32N6O6.C2H2O4/c1-20(43-29(39)18-33-3)19-37-21(2)30(32(41)38(37)22-8-6-5-7-9-22)31(40)36-28-13-11-24(17-35-28)44-27-14-15-34-26-16-23(42-4)10-12-25(26)27;3-1(4)2(5)6/h5-17,20,33H,18-19H2,1-4H3,(H,35,36,40);(H,3,4)(H,5,6)/t20-;/m1./s1. The van der Waals surface area contributed by atoms with Gasteiger partial charge in [-0.05, 0) is 63.4 Å². The highest BCUT2D eigenvalue weighted by atomic mass is 16.5. The Balaban J connectivity index is 0.000000860. The molecular weight excluding hydrogens is 652 g/mol. The van der Waals surface area contributed by atoms with Crippen LogP contribution in [0.1, 0.15) is 23.0 Å². The van der Waals surface area contributed by atoms with Crippen LogP contribution in [-0.4, -0.2) is 80.2 Å². The Morgan fingerprint density at radius 3 is 2.26 bits per heavy atom. The fourth-order valence-corrected chi connectivity index (χ4v) is 4.78. The van der Waals surface area contributed by atoms with Crippen molar-refractivity contribution in [1.82, 2.24) is 24.6 Å². The van der Waals surface area contributed by atoms with Crippen molar-refractivity contribution in [1.29, 1.82) is 0 Å². The highest BCUT2D eigenvalue weighted by molar-refractivity contribution is 6.27. The number of rotatable bonds is 11. The van der Waals surface area contributed by atoms with Gasteiger partial charge in [0, 0.05) is 17.6 Å². The summed E-state index contributed by atoms with van der Waals surface area (Å²) in [5.41, 5.74) is 1.13. The summed E-state index contributed by atoms with van der Waals surface area (Å²) in [4.78, 5) is 66.0. The number of hydrogen-bond acceptors (Lipinski definition) is 11. The second-order valence-corrected chi connectivity index (χ2v) is 10.6. The summed E-state index contributed by atoms with van der Waals surface area (Å²) < 4.78 is 19.8. The average Bonchev–Trinajstić information content (AvgIpc) is 3.34. The molecule has 3 aromatic heterocycles. The van der Waals surface area contributed by atoms with E-state index < -0.39 is 35.5 Å². The largest absolute Gasteiger partial charge is 0.497 e. The molecule has 1 amide bonds. The number of fused-ring (bicyclic) bond motifs is 1. The molecule has 0 fully saturated rings. The van der Waals surface area contributed by atoms with E-state index in [9.17, 15) is 14.4 Å². The molecule has 16 heteroatoms. The molecule has 5 aromatic rings. The first-order chi connectivity index (χ1) is 23.9. The van der Waals surface area contributed by atoms with Gasteiger partial charge in [-0.15, -0.1) is 0 Å². The van der Waals surface area contributed by atoms with Gasteiger partial charge in [-0.25, -0.2) is 19.3 Å². The van der Waals surface area contributed by atoms with Gasteiger partial charge in [-0.1, -0.05) is 18.2 Å². The number of hydrogen-bond donors (Lipinski definition) is 4. The van der Waals surface area contributed by atoms with Crippen molar-refractivity contribution in [2.45, 2.75) is 26.5 Å². The number of carboxylic acid groups (broad SMARTS) is 2. The van der Waals surface area contributed by atoms with Crippen molar-refractivity contribution in [3.8, 4) is 22.9 Å². The zero-order chi connectivity index (χ0) is 36.4. The van der Waals surface area contributed by atoms with E-state index in [0.29, 0.717) is 34.1 Å². The molecule has 0 saturated carbocycles. The van der Waals surface area contributed by atoms with Crippen LogP contribution < -0.4 is 25.7 Å². The Morgan fingerprint density at radius 2 is 1.64 bits per heavy atom. The zero-order valence-electron chi connectivity index (χ0n) is 27.4. The lowest BCUT2D eigenvalue weighted by Gasteiger charge is -2.18. The molecule has 0 aliphatic rings. The van der Waals surface area contributed by atoms with Crippen LogP contribution in [0.15, 0.2) is 83.9 Å². The monoisotopic (exact) mass is 686 g/mol. The predicted molar refractivity (Wildman–Crippen MR) is 180 cm³/mol. The van der Waals surface area contributed by atoms with Gasteiger partial charge in [0.05, 0.1) is 43.3 Å². The lowest BCUT2D eigenvalue weighted by Crippen LogP contribution is -2.30. The third-order valence-electron chi connectivity index (χ3n) is 7.01. The van der Waals surface area contributed by atoms with Crippen LogP contribution in [0.5, 0.6) is 17.2 Å².